The number of aromatic nitrogens is 3. The Bertz CT molecular complexity index is 800. The van der Waals surface area contributed by atoms with Gasteiger partial charge in [-0.25, -0.2) is 4.99 Å². The number of guanidine groups is 1. The molecule has 0 bridgehead atoms. The second kappa shape index (κ2) is 11.5. The van der Waals surface area contributed by atoms with Gasteiger partial charge in [-0.05, 0) is 32.3 Å². The van der Waals surface area contributed by atoms with Gasteiger partial charge in [0, 0.05) is 19.6 Å². The van der Waals surface area contributed by atoms with Crippen LogP contribution in [-0.2, 0) is 13.6 Å². The fraction of sp³-hybridized carbons (Fsp3) is 0.571. The van der Waals surface area contributed by atoms with Gasteiger partial charge in [-0.3, -0.25) is 0 Å². The molecular weight excluding hydrogens is 479 g/mol. The number of rotatable bonds is 6. The molecular formula is C21H33IN6O. The van der Waals surface area contributed by atoms with Crippen LogP contribution in [-0.4, -0.2) is 38.4 Å². The maximum atomic E-state index is 10.6. The number of hydrogen-bond donors (Lipinski definition) is 3. The Kier molecular flexibility index (Phi) is 9.35. The number of nitrogens with zero attached hydrogens (tertiary/aromatic N) is 4. The molecule has 0 radical (unpaired) electrons. The van der Waals surface area contributed by atoms with Crippen molar-refractivity contribution in [1.82, 2.24) is 25.4 Å². The van der Waals surface area contributed by atoms with Crippen molar-refractivity contribution in [2.45, 2.75) is 64.6 Å². The van der Waals surface area contributed by atoms with Gasteiger partial charge >= 0.3 is 0 Å². The van der Waals surface area contributed by atoms with Crippen molar-refractivity contribution < 1.29 is 5.11 Å². The van der Waals surface area contributed by atoms with Crippen molar-refractivity contribution in [2.24, 2.45) is 12.0 Å². The SMILES string of the molecule is Cc1cccc(C(O)CNC(=NCc2nnc(C)n2C)NC2CCCCC2)c1.I. The summed E-state index contributed by atoms with van der Waals surface area (Å²) in [7, 11) is 1.95. The predicted octanol–water partition coefficient (Wildman–Crippen LogP) is 3.15. The summed E-state index contributed by atoms with van der Waals surface area (Å²) in [5.41, 5.74) is 2.05. The topological polar surface area (TPSA) is 87.4 Å². The van der Waals surface area contributed by atoms with E-state index in [2.05, 4.69) is 20.8 Å². The van der Waals surface area contributed by atoms with Crippen LogP contribution in [0.1, 0.15) is 61.0 Å². The summed E-state index contributed by atoms with van der Waals surface area (Å²) >= 11 is 0. The Labute approximate surface area is 190 Å². The summed E-state index contributed by atoms with van der Waals surface area (Å²) in [6.45, 7) is 4.81. The Morgan fingerprint density at radius 2 is 2.00 bits per heavy atom. The maximum absolute atomic E-state index is 10.6. The van der Waals surface area contributed by atoms with Crippen LogP contribution in [0.3, 0.4) is 0 Å². The van der Waals surface area contributed by atoms with Crippen LogP contribution in [0.15, 0.2) is 29.3 Å². The number of benzene rings is 1. The summed E-state index contributed by atoms with van der Waals surface area (Å²) in [6, 6.07) is 8.40. The van der Waals surface area contributed by atoms with Crippen molar-refractivity contribution in [1.29, 1.82) is 0 Å². The van der Waals surface area contributed by atoms with Crippen LogP contribution >= 0.6 is 24.0 Å². The molecule has 160 valence electrons. The molecule has 8 heteroatoms. The minimum absolute atomic E-state index is 0. The molecule has 1 aliphatic rings. The van der Waals surface area contributed by atoms with Crippen LogP contribution < -0.4 is 10.6 Å². The lowest BCUT2D eigenvalue weighted by Gasteiger charge is -2.25. The molecule has 1 heterocycles. The third kappa shape index (κ3) is 6.95. The molecule has 1 fully saturated rings. The zero-order chi connectivity index (χ0) is 19.9. The fourth-order valence-electron chi connectivity index (χ4n) is 3.52. The molecule has 0 aliphatic heterocycles. The lowest BCUT2D eigenvalue weighted by Crippen LogP contribution is -2.45. The number of hydrogen-bond acceptors (Lipinski definition) is 4. The zero-order valence-electron chi connectivity index (χ0n) is 17.6. The van der Waals surface area contributed by atoms with E-state index < -0.39 is 6.10 Å². The van der Waals surface area contributed by atoms with Crippen LogP contribution in [0.25, 0.3) is 0 Å². The molecule has 7 nitrogen and oxygen atoms in total. The monoisotopic (exact) mass is 512 g/mol. The van der Waals surface area contributed by atoms with Gasteiger partial charge in [0.1, 0.15) is 12.4 Å². The first-order valence-corrected chi connectivity index (χ1v) is 10.2. The number of nitrogens with one attached hydrogen (secondary N) is 2. The van der Waals surface area contributed by atoms with Crippen LogP contribution in [0.2, 0.25) is 0 Å². The number of aliphatic hydroxyl groups is 1. The molecule has 3 rings (SSSR count). The summed E-state index contributed by atoms with van der Waals surface area (Å²) in [6.07, 6.45) is 5.53. The summed E-state index contributed by atoms with van der Waals surface area (Å²) < 4.78 is 1.95. The van der Waals surface area contributed by atoms with Crippen molar-refractivity contribution in [3.05, 3.63) is 47.0 Å². The molecule has 1 aromatic heterocycles. The van der Waals surface area contributed by atoms with Gasteiger partial charge in [0.25, 0.3) is 0 Å². The molecule has 2 aromatic rings. The van der Waals surface area contributed by atoms with E-state index in [1.54, 1.807) is 0 Å². The molecule has 0 saturated heterocycles. The van der Waals surface area contributed by atoms with Crippen LogP contribution in [0, 0.1) is 13.8 Å². The van der Waals surface area contributed by atoms with Crippen molar-refractivity contribution in [3.63, 3.8) is 0 Å². The largest absolute Gasteiger partial charge is 0.387 e. The average Bonchev–Trinajstić information content (AvgIpc) is 3.02. The molecule has 0 spiro atoms. The van der Waals surface area contributed by atoms with Crippen molar-refractivity contribution >= 4 is 29.9 Å². The van der Waals surface area contributed by atoms with Crippen LogP contribution in [0.5, 0.6) is 0 Å². The first-order chi connectivity index (χ1) is 13.5. The van der Waals surface area contributed by atoms with E-state index in [0.29, 0.717) is 19.1 Å². The Hall–Kier alpha value is -1.68. The molecule has 1 atom stereocenters. The lowest BCUT2D eigenvalue weighted by molar-refractivity contribution is 0.180. The average molecular weight is 512 g/mol. The summed E-state index contributed by atoms with van der Waals surface area (Å²) in [5, 5.41) is 25.7. The molecule has 29 heavy (non-hydrogen) atoms. The highest BCUT2D eigenvalue weighted by Gasteiger charge is 2.16. The summed E-state index contributed by atoms with van der Waals surface area (Å²) in [4.78, 5) is 4.71. The molecule has 3 N–H and O–H groups in total. The molecule has 1 saturated carbocycles. The Morgan fingerprint density at radius 3 is 2.66 bits per heavy atom. The lowest BCUT2D eigenvalue weighted by atomic mass is 9.96. The normalized spacial score (nSPS) is 16.2. The second-order valence-electron chi connectivity index (χ2n) is 7.68. The van der Waals surface area contributed by atoms with E-state index in [1.165, 1.54) is 19.3 Å². The number of halogens is 1. The van der Waals surface area contributed by atoms with E-state index in [4.69, 9.17) is 4.99 Å². The van der Waals surface area contributed by atoms with E-state index in [1.807, 2.05) is 49.7 Å². The van der Waals surface area contributed by atoms with Crippen molar-refractivity contribution in [2.75, 3.05) is 6.54 Å². The van der Waals surface area contributed by atoms with Gasteiger partial charge in [-0.15, -0.1) is 34.2 Å². The van der Waals surface area contributed by atoms with Gasteiger partial charge in [-0.2, -0.15) is 0 Å². The minimum atomic E-state index is -0.588. The van der Waals surface area contributed by atoms with Gasteiger partial charge in [0.2, 0.25) is 0 Å². The summed E-state index contributed by atoms with van der Waals surface area (Å²) in [5.74, 6) is 2.41. The van der Waals surface area contributed by atoms with Gasteiger partial charge in [0.15, 0.2) is 11.8 Å². The van der Waals surface area contributed by atoms with Crippen molar-refractivity contribution in [3.8, 4) is 0 Å². The maximum Gasteiger partial charge on any atom is 0.192 e. The van der Waals surface area contributed by atoms with Gasteiger partial charge in [0.05, 0.1) is 6.10 Å². The molecule has 1 aromatic carbocycles. The molecule has 0 amide bonds. The minimum Gasteiger partial charge on any atom is -0.387 e. The van der Waals surface area contributed by atoms with E-state index in [-0.39, 0.29) is 24.0 Å². The van der Waals surface area contributed by atoms with E-state index >= 15 is 0 Å². The fourth-order valence-corrected chi connectivity index (χ4v) is 3.52. The molecule has 1 unspecified atom stereocenters. The highest BCUT2D eigenvalue weighted by atomic mass is 127. The Balaban J connectivity index is 0.00000300. The number of aryl methyl sites for hydroxylation is 2. The predicted molar refractivity (Wildman–Crippen MR) is 126 cm³/mol. The zero-order valence-corrected chi connectivity index (χ0v) is 19.9. The number of aliphatic hydroxyl groups excluding tert-OH is 1. The third-order valence-electron chi connectivity index (χ3n) is 5.40. The highest BCUT2D eigenvalue weighted by molar-refractivity contribution is 14.0. The standard InChI is InChI=1S/C21H32N6O.HI/c1-15-8-7-9-17(12-15)19(28)13-22-21(24-18-10-5-4-6-11-18)23-14-20-26-25-16(2)27(20)3;/h7-9,12,18-19,28H,4-6,10-11,13-14H2,1-3H3,(H2,22,23,24);1H. The van der Waals surface area contributed by atoms with Crippen LogP contribution in [0.4, 0.5) is 0 Å². The highest BCUT2D eigenvalue weighted by Crippen LogP contribution is 2.17. The van der Waals surface area contributed by atoms with Gasteiger partial charge < -0.3 is 20.3 Å². The Morgan fingerprint density at radius 1 is 1.24 bits per heavy atom. The number of aliphatic imine (C=N–C) groups is 1. The third-order valence-corrected chi connectivity index (χ3v) is 5.40. The van der Waals surface area contributed by atoms with Gasteiger partial charge in [-0.1, -0.05) is 49.1 Å². The van der Waals surface area contributed by atoms with E-state index in [9.17, 15) is 5.11 Å². The smallest absolute Gasteiger partial charge is 0.192 e. The first kappa shape index (κ1) is 23.6. The molecule has 1 aliphatic carbocycles. The first-order valence-electron chi connectivity index (χ1n) is 10.2. The second-order valence-corrected chi connectivity index (χ2v) is 7.68. The quantitative estimate of drug-likeness (QED) is 0.315. The van der Waals surface area contributed by atoms with E-state index in [0.717, 1.165) is 41.6 Å².